The van der Waals surface area contributed by atoms with Crippen LogP contribution in [0.4, 0.5) is 0 Å². The fourth-order valence-electron chi connectivity index (χ4n) is 4.17. The second kappa shape index (κ2) is 6.29. The van der Waals surface area contributed by atoms with Crippen LogP contribution < -0.4 is 5.56 Å². The van der Waals surface area contributed by atoms with Crippen molar-refractivity contribution in [3.8, 4) is 0 Å². The van der Waals surface area contributed by atoms with Crippen LogP contribution in [0.3, 0.4) is 0 Å². The largest absolute Gasteiger partial charge is 0.337 e. The van der Waals surface area contributed by atoms with E-state index in [1.165, 1.54) is 28.7 Å². The van der Waals surface area contributed by atoms with E-state index in [0.29, 0.717) is 17.5 Å². The molecule has 2 saturated heterocycles. The van der Waals surface area contributed by atoms with Crippen molar-refractivity contribution in [1.82, 2.24) is 19.4 Å². The van der Waals surface area contributed by atoms with Crippen LogP contribution >= 0.6 is 11.3 Å². The number of amides is 1. The molecule has 2 aromatic rings. The maximum atomic E-state index is 12.8. The molecule has 7 heteroatoms. The molecule has 2 aromatic heterocycles. The molecule has 0 aliphatic carbocycles. The van der Waals surface area contributed by atoms with E-state index in [0.717, 1.165) is 37.2 Å². The Morgan fingerprint density at radius 1 is 1.29 bits per heavy atom. The number of thiophene rings is 1. The monoisotopic (exact) mass is 346 g/mol. The van der Waals surface area contributed by atoms with Gasteiger partial charge in [-0.1, -0.05) is 0 Å². The van der Waals surface area contributed by atoms with Crippen LogP contribution in [0, 0.1) is 0 Å². The summed E-state index contributed by atoms with van der Waals surface area (Å²) in [5, 5.41) is 2.46. The lowest BCUT2D eigenvalue weighted by atomic mass is 10.0. The average Bonchev–Trinajstić information content (AvgIpc) is 3.29. The molecule has 128 valence electrons. The Kier molecular flexibility index (Phi) is 4.14. The van der Waals surface area contributed by atoms with Gasteiger partial charge in [-0.3, -0.25) is 14.2 Å². The molecule has 0 bridgehead atoms. The first-order valence-corrected chi connectivity index (χ1v) is 9.45. The van der Waals surface area contributed by atoms with E-state index < -0.39 is 0 Å². The summed E-state index contributed by atoms with van der Waals surface area (Å²) >= 11 is 1.45. The summed E-state index contributed by atoms with van der Waals surface area (Å²) in [6.07, 6.45) is 5.99. The van der Waals surface area contributed by atoms with Gasteiger partial charge in [0, 0.05) is 18.6 Å². The van der Waals surface area contributed by atoms with Gasteiger partial charge in [-0.2, -0.15) is 0 Å². The van der Waals surface area contributed by atoms with Crippen LogP contribution in [-0.4, -0.2) is 57.5 Å². The Hall–Kier alpha value is -1.73. The summed E-state index contributed by atoms with van der Waals surface area (Å²) in [5.41, 5.74) is -0.122. The Morgan fingerprint density at radius 3 is 2.88 bits per heavy atom. The second-order valence-corrected chi connectivity index (χ2v) is 7.70. The second-order valence-electron chi connectivity index (χ2n) is 6.80. The number of nitrogens with zero attached hydrogens (tertiary/aromatic N) is 4. The van der Waals surface area contributed by atoms with Crippen LogP contribution in [0.15, 0.2) is 22.6 Å². The molecule has 0 unspecified atom stereocenters. The highest BCUT2D eigenvalue weighted by atomic mass is 32.1. The molecule has 0 radical (unpaired) electrons. The lowest BCUT2D eigenvalue weighted by molar-refractivity contribution is -0.133. The van der Waals surface area contributed by atoms with Gasteiger partial charge in [0.2, 0.25) is 5.91 Å². The fourth-order valence-corrected chi connectivity index (χ4v) is 4.89. The number of aromatic nitrogens is 2. The lowest BCUT2D eigenvalue weighted by Crippen LogP contribution is -2.48. The Balaban J connectivity index is 1.54. The van der Waals surface area contributed by atoms with Gasteiger partial charge in [0.15, 0.2) is 0 Å². The van der Waals surface area contributed by atoms with Crippen LogP contribution in [0.5, 0.6) is 0 Å². The third kappa shape index (κ3) is 2.65. The summed E-state index contributed by atoms with van der Waals surface area (Å²) in [6, 6.07) is 2.53. The number of carbonyl (C=O) groups is 1. The first-order valence-electron chi connectivity index (χ1n) is 8.57. The summed E-state index contributed by atoms with van der Waals surface area (Å²) in [7, 11) is 2.15. The smallest absolute Gasteiger partial charge is 0.262 e. The van der Waals surface area contributed by atoms with E-state index in [2.05, 4.69) is 16.9 Å². The minimum Gasteiger partial charge on any atom is -0.337 e. The molecular formula is C17H22N4O2S. The minimum atomic E-state index is -0.122. The van der Waals surface area contributed by atoms with Crippen molar-refractivity contribution in [2.75, 3.05) is 20.1 Å². The van der Waals surface area contributed by atoms with Crippen LogP contribution in [0.25, 0.3) is 10.2 Å². The Bertz CT molecular complexity index is 814. The maximum Gasteiger partial charge on any atom is 0.262 e. The number of carbonyl (C=O) groups excluding carboxylic acids is 1. The third-order valence-electron chi connectivity index (χ3n) is 5.40. The number of rotatable bonds is 3. The molecule has 0 saturated carbocycles. The van der Waals surface area contributed by atoms with E-state index in [1.807, 2.05) is 10.3 Å². The topological polar surface area (TPSA) is 58.4 Å². The third-order valence-corrected chi connectivity index (χ3v) is 6.22. The average molecular weight is 346 g/mol. The van der Waals surface area contributed by atoms with Gasteiger partial charge in [0.25, 0.3) is 5.56 Å². The van der Waals surface area contributed by atoms with Gasteiger partial charge < -0.3 is 9.80 Å². The van der Waals surface area contributed by atoms with Crippen LogP contribution in [0.1, 0.15) is 25.7 Å². The first-order chi connectivity index (χ1) is 11.6. The van der Waals surface area contributed by atoms with E-state index in [-0.39, 0.29) is 18.0 Å². The molecule has 0 aromatic carbocycles. The van der Waals surface area contributed by atoms with Gasteiger partial charge >= 0.3 is 0 Å². The van der Waals surface area contributed by atoms with E-state index >= 15 is 0 Å². The highest BCUT2D eigenvalue weighted by Gasteiger charge is 2.38. The molecule has 2 atom stereocenters. The predicted octanol–water partition coefficient (Wildman–Crippen LogP) is 1.54. The van der Waals surface area contributed by atoms with Gasteiger partial charge in [0.05, 0.1) is 11.7 Å². The SMILES string of the molecule is CN1CCC[C@H]1[C@H]1CCCN1C(=O)Cn1cnc2sccc2c1=O. The fraction of sp³-hybridized carbons (Fsp3) is 0.588. The molecule has 0 N–H and O–H groups in total. The van der Waals surface area contributed by atoms with E-state index in [4.69, 9.17) is 0 Å². The van der Waals surface area contributed by atoms with E-state index in [9.17, 15) is 9.59 Å². The number of hydrogen-bond acceptors (Lipinski definition) is 5. The molecule has 0 spiro atoms. The lowest BCUT2D eigenvalue weighted by Gasteiger charge is -2.33. The van der Waals surface area contributed by atoms with Gasteiger partial charge in [-0.15, -0.1) is 11.3 Å². The normalized spacial score (nSPS) is 25.0. The number of hydrogen-bond donors (Lipinski definition) is 0. The zero-order valence-corrected chi connectivity index (χ0v) is 14.7. The molecule has 1 amide bonds. The van der Waals surface area contributed by atoms with Crippen molar-refractivity contribution in [2.45, 2.75) is 44.3 Å². The summed E-state index contributed by atoms with van der Waals surface area (Å²) in [4.78, 5) is 34.7. The van der Waals surface area contributed by atoms with Gasteiger partial charge in [0.1, 0.15) is 11.4 Å². The summed E-state index contributed by atoms with van der Waals surface area (Å²) in [5.74, 6) is 0.0382. The van der Waals surface area contributed by atoms with Crippen molar-refractivity contribution >= 4 is 27.5 Å². The van der Waals surface area contributed by atoms with Gasteiger partial charge in [-0.25, -0.2) is 4.98 Å². The van der Waals surface area contributed by atoms with Crippen LogP contribution in [-0.2, 0) is 11.3 Å². The number of likely N-dealkylation sites (N-methyl/N-ethyl adjacent to an activating group) is 1. The maximum absolute atomic E-state index is 12.8. The van der Waals surface area contributed by atoms with Crippen molar-refractivity contribution in [3.05, 3.63) is 28.1 Å². The molecular weight excluding hydrogens is 324 g/mol. The minimum absolute atomic E-state index is 0.0382. The Morgan fingerprint density at radius 2 is 2.08 bits per heavy atom. The first kappa shape index (κ1) is 15.8. The molecule has 4 heterocycles. The van der Waals surface area contributed by atoms with Crippen LogP contribution in [0.2, 0.25) is 0 Å². The zero-order chi connectivity index (χ0) is 16.7. The van der Waals surface area contributed by atoms with E-state index in [1.54, 1.807) is 6.07 Å². The quantitative estimate of drug-likeness (QED) is 0.846. The molecule has 4 rings (SSSR count). The molecule has 6 nitrogen and oxygen atoms in total. The highest BCUT2D eigenvalue weighted by molar-refractivity contribution is 7.16. The molecule has 2 aliphatic heterocycles. The standard InChI is InChI=1S/C17H22N4O2S/c1-19-7-2-4-13(19)14-5-3-8-21(14)15(22)10-20-11-18-16-12(17(20)23)6-9-24-16/h6,9,11,13-14H,2-5,7-8,10H2,1H3/t13-,14+/m0/s1. The van der Waals surface area contributed by atoms with Crippen molar-refractivity contribution in [3.63, 3.8) is 0 Å². The zero-order valence-electron chi connectivity index (χ0n) is 13.9. The van der Waals surface area contributed by atoms with Gasteiger partial charge in [-0.05, 0) is 50.7 Å². The molecule has 2 fully saturated rings. The Labute approximate surface area is 144 Å². The predicted molar refractivity (Wildman–Crippen MR) is 94.3 cm³/mol. The summed E-state index contributed by atoms with van der Waals surface area (Å²) < 4.78 is 1.45. The number of fused-ring (bicyclic) bond motifs is 1. The number of likely N-dealkylation sites (tertiary alicyclic amines) is 2. The molecule has 2 aliphatic rings. The van der Waals surface area contributed by atoms with Crippen molar-refractivity contribution in [1.29, 1.82) is 0 Å². The molecule has 24 heavy (non-hydrogen) atoms. The van der Waals surface area contributed by atoms with Crippen molar-refractivity contribution in [2.24, 2.45) is 0 Å². The van der Waals surface area contributed by atoms with Crippen molar-refractivity contribution < 1.29 is 4.79 Å². The highest BCUT2D eigenvalue weighted by Crippen LogP contribution is 2.29. The summed E-state index contributed by atoms with van der Waals surface area (Å²) in [6.45, 7) is 2.00.